The minimum absolute atomic E-state index is 0.0257. The molecule has 0 radical (unpaired) electrons. The first-order valence-electron chi connectivity index (χ1n) is 6.73. The number of aromatic nitrogens is 2. The number of thiophene rings is 1. The van der Waals surface area contributed by atoms with Gasteiger partial charge >= 0.3 is 0 Å². The van der Waals surface area contributed by atoms with Gasteiger partial charge in [-0.15, -0.1) is 21.5 Å². The van der Waals surface area contributed by atoms with Gasteiger partial charge in [-0.05, 0) is 23.1 Å². The number of rotatable bonds is 5. The Kier molecular flexibility index (Phi) is 4.73. The van der Waals surface area contributed by atoms with E-state index in [-0.39, 0.29) is 11.6 Å². The topological polar surface area (TPSA) is 98.0 Å². The molecule has 1 aromatic carbocycles. The number of carbonyl (C=O) groups is 1. The Hall–Kier alpha value is -2.91. The lowest BCUT2D eigenvalue weighted by molar-refractivity contribution is -0.384. The lowest BCUT2D eigenvalue weighted by Gasteiger charge is -1.96. The molecule has 9 heteroatoms. The van der Waals surface area contributed by atoms with Crippen LogP contribution < -0.4 is 5.32 Å². The van der Waals surface area contributed by atoms with Crippen LogP contribution in [0.4, 0.5) is 10.8 Å². The second-order valence-electron chi connectivity index (χ2n) is 4.56. The number of nitro benzene ring substituents is 1. The number of hydrogen-bond donors (Lipinski definition) is 1. The van der Waals surface area contributed by atoms with Gasteiger partial charge in [-0.25, -0.2) is 0 Å². The molecule has 0 atom stereocenters. The number of nitro groups is 1. The van der Waals surface area contributed by atoms with Gasteiger partial charge in [-0.2, -0.15) is 0 Å². The molecule has 0 aliphatic heterocycles. The normalized spacial score (nSPS) is 10.8. The van der Waals surface area contributed by atoms with E-state index in [1.54, 1.807) is 23.5 Å². The predicted molar refractivity (Wildman–Crippen MR) is 94.0 cm³/mol. The van der Waals surface area contributed by atoms with Crippen molar-refractivity contribution in [3.8, 4) is 9.88 Å². The van der Waals surface area contributed by atoms with Gasteiger partial charge in [-0.1, -0.05) is 29.5 Å². The molecule has 1 amide bonds. The van der Waals surface area contributed by atoms with Crippen LogP contribution in [0.1, 0.15) is 5.56 Å². The molecule has 0 spiro atoms. The van der Waals surface area contributed by atoms with Crippen molar-refractivity contribution in [1.29, 1.82) is 0 Å². The van der Waals surface area contributed by atoms with Gasteiger partial charge in [0.1, 0.15) is 0 Å². The van der Waals surface area contributed by atoms with Crippen LogP contribution in [-0.4, -0.2) is 21.0 Å². The lowest BCUT2D eigenvalue weighted by atomic mass is 10.2. The van der Waals surface area contributed by atoms with E-state index in [4.69, 9.17) is 0 Å². The smallest absolute Gasteiger partial charge is 0.270 e. The third kappa shape index (κ3) is 3.89. The minimum atomic E-state index is -0.481. The molecule has 120 valence electrons. The predicted octanol–water partition coefficient (Wildman–Crippen LogP) is 3.83. The summed E-state index contributed by atoms with van der Waals surface area (Å²) in [5, 5.41) is 24.4. The quantitative estimate of drug-likeness (QED) is 0.425. The highest BCUT2D eigenvalue weighted by Crippen LogP contribution is 2.29. The van der Waals surface area contributed by atoms with E-state index in [2.05, 4.69) is 15.5 Å². The Balaban J connectivity index is 1.65. The zero-order valence-corrected chi connectivity index (χ0v) is 13.7. The molecule has 0 aliphatic rings. The molecule has 0 saturated carbocycles. The van der Waals surface area contributed by atoms with Gasteiger partial charge in [0, 0.05) is 18.2 Å². The highest BCUT2D eigenvalue weighted by Gasteiger charge is 2.09. The van der Waals surface area contributed by atoms with Crippen molar-refractivity contribution in [2.24, 2.45) is 0 Å². The summed E-state index contributed by atoms with van der Waals surface area (Å²) in [5.41, 5.74) is 0.540. The molecule has 1 N–H and O–H groups in total. The number of benzene rings is 1. The highest BCUT2D eigenvalue weighted by molar-refractivity contribution is 7.23. The Morgan fingerprint density at radius 3 is 2.88 bits per heavy atom. The number of carbonyl (C=O) groups excluding carboxylic acids is 1. The van der Waals surface area contributed by atoms with Crippen molar-refractivity contribution in [3.05, 3.63) is 63.5 Å². The number of nitrogens with zero attached hydrogens (tertiary/aromatic N) is 3. The third-order valence-electron chi connectivity index (χ3n) is 2.90. The molecule has 0 saturated heterocycles. The van der Waals surface area contributed by atoms with Crippen LogP contribution in [0.15, 0.2) is 47.9 Å². The van der Waals surface area contributed by atoms with Gasteiger partial charge in [0.25, 0.3) is 5.69 Å². The fourth-order valence-corrected chi connectivity index (χ4v) is 3.37. The fraction of sp³-hybridized carbons (Fsp3) is 0. The largest absolute Gasteiger partial charge is 0.297 e. The van der Waals surface area contributed by atoms with E-state index >= 15 is 0 Å². The number of nitrogens with one attached hydrogen (secondary N) is 1. The average Bonchev–Trinajstić information content (AvgIpc) is 3.24. The Morgan fingerprint density at radius 2 is 2.12 bits per heavy atom. The van der Waals surface area contributed by atoms with Crippen molar-refractivity contribution in [2.75, 3.05) is 5.32 Å². The average molecular weight is 358 g/mol. The number of amides is 1. The van der Waals surface area contributed by atoms with Gasteiger partial charge in [0.05, 0.1) is 9.80 Å². The lowest BCUT2D eigenvalue weighted by Crippen LogP contribution is -2.07. The van der Waals surface area contributed by atoms with Crippen LogP contribution in [0.5, 0.6) is 0 Å². The third-order valence-corrected chi connectivity index (χ3v) is 4.77. The first-order chi connectivity index (χ1) is 11.6. The summed E-state index contributed by atoms with van der Waals surface area (Å²) in [5.74, 6) is -0.379. The molecule has 24 heavy (non-hydrogen) atoms. The SMILES string of the molecule is O=C(/C=C/c1cccc([N+](=O)[O-])c1)Nc1nnc(-c2cccs2)s1. The van der Waals surface area contributed by atoms with E-state index < -0.39 is 4.92 Å². The van der Waals surface area contributed by atoms with Crippen LogP contribution in [0, 0.1) is 10.1 Å². The summed E-state index contributed by atoms with van der Waals surface area (Å²) < 4.78 is 0. The summed E-state index contributed by atoms with van der Waals surface area (Å²) in [6.45, 7) is 0. The standard InChI is InChI=1S/C15H10N4O3S2/c20-13(7-6-10-3-1-4-11(9-10)19(21)22)16-15-18-17-14(24-15)12-5-2-8-23-12/h1-9H,(H,16,18,20)/b7-6+. The molecule has 0 aliphatic carbocycles. The van der Waals surface area contributed by atoms with Gasteiger partial charge < -0.3 is 0 Å². The molecule has 7 nitrogen and oxygen atoms in total. The Bertz CT molecular complexity index is 903. The maximum atomic E-state index is 11.9. The van der Waals surface area contributed by atoms with E-state index in [9.17, 15) is 14.9 Å². The van der Waals surface area contributed by atoms with Gasteiger partial charge in [-0.3, -0.25) is 20.2 Å². The van der Waals surface area contributed by atoms with Gasteiger partial charge in [0.2, 0.25) is 11.0 Å². The second kappa shape index (κ2) is 7.11. The van der Waals surface area contributed by atoms with E-state index in [1.807, 2.05) is 17.5 Å². The summed E-state index contributed by atoms with van der Waals surface area (Å²) in [6.07, 6.45) is 2.80. The van der Waals surface area contributed by atoms with E-state index in [1.165, 1.54) is 35.6 Å². The summed E-state index contributed by atoms with van der Waals surface area (Å²) >= 11 is 2.83. The van der Waals surface area contributed by atoms with Crippen LogP contribution in [-0.2, 0) is 4.79 Å². The molecule has 3 aromatic rings. The summed E-state index contributed by atoms with van der Waals surface area (Å²) in [7, 11) is 0. The first kappa shape index (κ1) is 16.0. The maximum Gasteiger partial charge on any atom is 0.270 e. The Morgan fingerprint density at radius 1 is 1.25 bits per heavy atom. The van der Waals surface area contributed by atoms with Crippen LogP contribution in [0.2, 0.25) is 0 Å². The van der Waals surface area contributed by atoms with Crippen LogP contribution >= 0.6 is 22.7 Å². The second-order valence-corrected chi connectivity index (χ2v) is 6.49. The fourth-order valence-electron chi connectivity index (χ4n) is 1.83. The van der Waals surface area contributed by atoms with Crippen LogP contribution in [0.3, 0.4) is 0 Å². The van der Waals surface area contributed by atoms with Gasteiger partial charge in [0.15, 0.2) is 5.01 Å². The molecule has 0 bridgehead atoms. The summed E-state index contributed by atoms with van der Waals surface area (Å²) in [6, 6.07) is 9.87. The maximum absolute atomic E-state index is 11.9. The van der Waals surface area contributed by atoms with Crippen molar-refractivity contribution in [2.45, 2.75) is 0 Å². The number of hydrogen-bond acceptors (Lipinski definition) is 7. The zero-order chi connectivity index (χ0) is 16.9. The number of non-ortho nitro benzene ring substituents is 1. The highest BCUT2D eigenvalue weighted by atomic mass is 32.1. The molecule has 0 fully saturated rings. The van der Waals surface area contributed by atoms with Crippen molar-refractivity contribution in [3.63, 3.8) is 0 Å². The first-order valence-corrected chi connectivity index (χ1v) is 8.42. The Labute approximate surface area is 144 Å². The molecule has 0 unspecified atom stereocenters. The molecule has 3 rings (SSSR count). The molecular formula is C15H10N4O3S2. The number of anilines is 1. The van der Waals surface area contributed by atoms with Crippen molar-refractivity contribution in [1.82, 2.24) is 10.2 Å². The summed E-state index contributed by atoms with van der Waals surface area (Å²) in [4.78, 5) is 23.1. The van der Waals surface area contributed by atoms with Crippen molar-refractivity contribution < 1.29 is 9.72 Å². The molecular weight excluding hydrogens is 348 g/mol. The molecule has 2 heterocycles. The van der Waals surface area contributed by atoms with Crippen LogP contribution in [0.25, 0.3) is 16.0 Å². The monoisotopic (exact) mass is 358 g/mol. The molecule has 2 aromatic heterocycles. The van der Waals surface area contributed by atoms with E-state index in [0.29, 0.717) is 10.7 Å². The van der Waals surface area contributed by atoms with Crippen molar-refractivity contribution >= 4 is 45.5 Å². The van der Waals surface area contributed by atoms with E-state index in [0.717, 1.165) is 9.88 Å². The zero-order valence-electron chi connectivity index (χ0n) is 12.1. The minimum Gasteiger partial charge on any atom is -0.297 e.